The first kappa shape index (κ1) is 15.7. The molecule has 1 aromatic carbocycles. The van der Waals surface area contributed by atoms with Crippen LogP contribution in [0.25, 0.3) is 0 Å². The van der Waals surface area contributed by atoms with Crippen LogP contribution in [0.5, 0.6) is 0 Å². The quantitative estimate of drug-likeness (QED) is 0.841. The van der Waals surface area contributed by atoms with Crippen molar-refractivity contribution in [1.82, 2.24) is 24.8 Å². The molecule has 8 heteroatoms. The number of hydrogen-bond acceptors (Lipinski definition) is 4. The Morgan fingerprint density at radius 3 is 3.04 bits per heavy atom. The third-order valence-corrected chi connectivity index (χ3v) is 4.72. The lowest BCUT2D eigenvalue weighted by Crippen LogP contribution is -2.55. The lowest BCUT2D eigenvalue weighted by Gasteiger charge is -2.39. The fourth-order valence-corrected chi connectivity index (χ4v) is 3.55. The van der Waals surface area contributed by atoms with E-state index in [1.807, 2.05) is 0 Å². The first-order valence-corrected chi connectivity index (χ1v) is 8.37. The van der Waals surface area contributed by atoms with Crippen LogP contribution >= 0.6 is 0 Å². The molecule has 130 valence electrons. The Bertz CT molecular complexity index is 821. The highest BCUT2D eigenvalue weighted by molar-refractivity contribution is 5.93. The second kappa shape index (κ2) is 6.27. The van der Waals surface area contributed by atoms with Crippen LogP contribution < -0.4 is 0 Å². The highest BCUT2D eigenvalue weighted by atomic mass is 19.1. The Morgan fingerprint density at radius 2 is 2.20 bits per heavy atom. The number of fused-ring (bicyclic) bond motifs is 1. The summed E-state index contributed by atoms with van der Waals surface area (Å²) in [6.45, 7) is 1.46. The number of amides is 2. The van der Waals surface area contributed by atoms with Gasteiger partial charge in [0.05, 0.1) is 12.7 Å². The van der Waals surface area contributed by atoms with Crippen LogP contribution in [0.1, 0.15) is 35.3 Å². The molecule has 2 aliphatic heterocycles. The number of carbonyl (C=O) groups is 2. The maximum atomic E-state index is 13.3. The summed E-state index contributed by atoms with van der Waals surface area (Å²) in [6.07, 6.45) is 3.46. The molecule has 25 heavy (non-hydrogen) atoms. The lowest BCUT2D eigenvalue weighted by atomic mass is 10.2. The maximum Gasteiger partial charge on any atom is 0.277 e. The van der Waals surface area contributed by atoms with Crippen LogP contribution in [0.3, 0.4) is 0 Å². The van der Waals surface area contributed by atoms with E-state index in [2.05, 4.69) is 10.3 Å². The summed E-state index contributed by atoms with van der Waals surface area (Å²) >= 11 is 0. The van der Waals surface area contributed by atoms with Crippen molar-refractivity contribution in [3.63, 3.8) is 0 Å². The van der Waals surface area contributed by atoms with Gasteiger partial charge in [0.2, 0.25) is 5.91 Å². The van der Waals surface area contributed by atoms with E-state index in [0.717, 1.165) is 18.4 Å². The van der Waals surface area contributed by atoms with E-state index in [9.17, 15) is 14.0 Å². The Morgan fingerprint density at radius 1 is 1.32 bits per heavy atom. The van der Waals surface area contributed by atoms with Crippen molar-refractivity contribution in [3.05, 3.63) is 47.5 Å². The van der Waals surface area contributed by atoms with Gasteiger partial charge in [0.25, 0.3) is 5.91 Å². The van der Waals surface area contributed by atoms with E-state index in [1.165, 1.54) is 16.8 Å². The Kier molecular flexibility index (Phi) is 3.95. The zero-order chi connectivity index (χ0) is 17.4. The zero-order valence-corrected chi connectivity index (χ0v) is 13.6. The van der Waals surface area contributed by atoms with Gasteiger partial charge >= 0.3 is 0 Å². The van der Waals surface area contributed by atoms with E-state index in [4.69, 9.17) is 0 Å². The second-order valence-electron chi connectivity index (χ2n) is 6.39. The van der Waals surface area contributed by atoms with Crippen LogP contribution in [0.2, 0.25) is 0 Å². The molecule has 4 rings (SSSR count). The van der Waals surface area contributed by atoms with E-state index in [1.54, 1.807) is 28.1 Å². The predicted molar refractivity (Wildman–Crippen MR) is 85.9 cm³/mol. The summed E-state index contributed by atoms with van der Waals surface area (Å²) in [5.41, 5.74) is 0.993. The Hall–Kier alpha value is -2.77. The highest BCUT2D eigenvalue weighted by Crippen LogP contribution is 2.27. The van der Waals surface area contributed by atoms with Crippen molar-refractivity contribution in [1.29, 1.82) is 0 Å². The van der Waals surface area contributed by atoms with Crippen LogP contribution in [0.4, 0.5) is 4.39 Å². The average molecular weight is 343 g/mol. The SMILES string of the molecule is O=C1CCN(C(=O)c2cn(Cc3cccc(F)c3)nn2)C2CCCN12. The molecular weight excluding hydrogens is 325 g/mol. The molecule has 2 fully saturated rings. The van der Waals surface area contributed by atoms with E-state index < -0.39 is 0 Å². The van der Waals surface area contributed by atoms with Gasteiger partial charge < -0.3 is 9.80 Å². The highest BCUT2D eigenvalue weighted by Gasteiger charge is 2.40. The van der Waals surface area contributed by atoms with Gasteiger partial charge in [0.15, 0.2) is 5.69 Å². The molecule has 3 heterocycles. The van der Waals surface area contributed by atoms with Gasteiger partial charge in [-0.1, -0.05) is 17.3 Å². The van der Waals surface area contributed by atoms with E-state index in [0.29, 0.717) is 26.1 Å². The van der Waals surface area contributed by atoms with Crippen LogP contribution in [-0.2, 0) is 11.3 Å². The van der Waals surface area contributed by atoms with Gasteiger partial charge in [-0.25, -0.2) is 9.07 Å². The number of nitrogens with zero attached hydrogens (tertiary/aromatic N) is 5. The fourth-order valence-electron chi connectivity index (χ4n) is 3.55. The van der Waals surface area contributed by atoms with Crippen molar-refractivity contribution < 1.29 is 14.0 Å². The van der Waals surface area contributed by atoms with Crippen molar-refractivity contribution >= 4 is 11.8 Å². The molecule has 2 amide bonds. The molecule has 0 aliphatic carbocycles. The molecule has 1 aromatic heterocycles. The molecule has 0 saturated carbocycles. The van der Waals surface area contributed by atoms with Gasteiger partial charge in [-0.05, 0) is 30.5 Å². The monoisotopic (exact) mass is 343 g/mol. The Balaban J connectivity index is 1.50. The molecule has 2 aliphatic rings. The Labute approximate surface area is 144 Å². The molecule has 0 N–H and O–H groups in total. The van der Waals surface area contributed by atoms with Gasteiger partial charge in [0, 0.05) is 19.5 Å². The van der Waals surface area contributed by atoms with Crippen LogP contribution in [0.15, 0.2) is 30.5 Å². The molecule has 1 unspecified atom stereocenters. The van der Waals surface area contributed by atoms with E-state index in [-0.39, 0.29) is 29.5 Å². The normalized spacial score (nSPS) is 20.0. The topological polar surface area (TPSA) is 71.3 Å². The molecule has 2 saturated heterocycles. The average Bonchev–Trinajstić information content (AvgIpc) is 3.24. The molecule has 0 radical (unpaired) electrons. The third-order valence-electron chi connectivity index (χ3n) is 4.72. The maximum absolute atomic E-state index is 13.3. The number of aromatic nitrogens is 3. The van der Waals surface area contributed by atoms with Crippen molar-refractivity contribution in [2.45, 2.75) is 32.0 Å². The molecule has 0 bridgehead atoms. The van der Waals surface area contributed by atoms with Crippen LogP contribution in [0, 0.1) is 5.82 Å². The molecule has 7 nitrogen and oxygen atoms in total. The number of hydrogen-bond donors (Lipinski definition) is 0. The number of carbonyl (C=O) groups excluding carboxylic acids is 2. The first-order chi connectivity index (χ1) is 12.1. The van der Waals surface area contributed by atoms with Crippen molar-refractivity contribution in [3.8, 4) is 0 Å². The third kappa shape index (κ3) is 2.99. The zero-order valence-electron chi connectivity index (χ0n) is 13.6. The minimum Gasteiger partial charge on any atom is -0.322 e. The summed E-state index contributed by atoms with van der Waals surface area (Å²) < 4.78 is 14.8. The number of rotatable bonds is 3. The smallest absolute Gasteiger partial charge is 0.277 e. The van der Waals surface area contributed by atoms with Gasteiger partial charge in [-0.15, -0.1) is 5.10 Å². The largest absolute Gasteiger partial charge is 0.322 e. The standard InChI is InChI=1S/C17H18FN5O2/c18-13-4-1-3-12(9-13)10-21-11-14(19-20-21)17(25)23-8-6-16(24)22-7-2-5-15(22)23/h1,3-4,9,11,15H,2,5-8,10H2. The lowest BCUT2D eigenvalue weighted by molar-refractivity contribution is -0.139. The van der Waals surface area contributed by atoms with Gasteiger partial charge in [0.1, 0.15) is 12.0 Å². The second-order valence-corrected chi connectivity index (χ2v) is 6.39. The number of benzene rings is 1. The minimum atomic E-state index is -0.312. The molecule has 0 spiro atoms. The van der Waals surface area contributed by atoms with Gasteiger partial charge in [-0.2, -0.15) is 0 Å². The molecule has 1 atom stereocenters. The minimum absolute atomic E-state index is 0.112. The predicted octanol–water partition coefficient (Wildman–Crippen LogP) is 1.26. The van der Waals surface area contributed by atoms with E-state index >= 15 is 0 Å². The summed E-state index contributed by atoms with van der Waals surface area (Å²) in [7, 11) is 0. The first-order valence-electron chi connectivity index (χ1n) is 8.37. The van der Waals surface area contributed by atoms with Gasteiger partial charge in [-0.3, -0.25) is 9.59 Å². The summed E-state index contributed by atoms with van der Waals surface area (Å²) in [5.74, 6) is -0.413. The fraction of sp³-hybridized carbons (Fsp3) is 0.412. The summed E-state index contributed by atoms with van der Waals surface area (Å²) in [4.78, 5) is 28.2. The van der Waals surface area contributed by atoms with Crippen LogP contribution in [-0.4, -0.2) is 55.9 Å². The van der Waals surface area contributed by atoms with Crippen molar-refractivity contribution in [2.75, 3.05) is 13.1 Å². The summed E-state index contributed by atoms with van der Waals surface area (Å²) in [6, 6.07) is 6.23. The number of halogens is 1. The van der Waals surface area contributed by atoms with Crippen molar-refractivity contribution in [2.24, 2.45) is 0 Å². The summed E-state index contributed by atoms with van der Waals surface area (Å²) in [5, 5.41) is 7.94. The molecule has 2 aromatic rings. The molecular formula is C17H18FN5O2.